The van der Waals surface area contributed by atoms with Crippen molar-refractivity contribution < 1.29 is 42.5 Å². The summed E-state index contributed by atoms with van der Waals surface area (Å²) in [4.78, 5) is 50.2. The number of ketones is 3. The van der Waals surface area contributed by atoms with Crippen molar-refractivity contribution in [2.24, 2.45) is 28.6 Å². The van der Waals surface area contributed by atoms with Gasteiger partial charge in [0.15, 0.2) is 29.5 Å². The summed E-state index contributed by atoms with van der Waals surface area (Å²) in [6.07, 6.45) is 0.365. The van der Waals surface area contributed by atoms with Gasteiger partial charge in [-0.3, -0.25) is 14.4 Å². The number of aliphatic hydroxyl groups excluding tert-OH is 1. The standard InChI is InChI=1S/C24H28F2O7/c1-12-7-14-15-9-17(28)16-8-13(27)5-6-21(16,2)23(15,26)18(29)10-22(14,3)24(12,19(30)11-25)33-20(31)32-4/h5-6,8,12,14-15,18,29H,7,9-11H2,1-4H3/t12-,14+,15+,18+,21+,22+,23+,24+/m1/s1. The third-order valence-electron chi connectivity index (χ3n) is 8.97. The van der Waals surface area contributed by atoms with E-state index in [0.29, 0.717) is 0 Å². The number of alkyl halides is 2. The molecule has 0 spiro atoms. The zero-order chi connectivity index (χ0) is 24.6. The van der Waals surface area contributed by atoms with Gasteiger partial charge in [0, 0.05) is 29.2 Å². The maximum Gasteiger partial charge on any atom is 0.509 e. The number of hydrogen-bond donors (Lipinski definition) is 1. The van der Waals surface area contributed by atoms with Gasteiger partial charge in [-0.25, -0.2) is 13.6 Å². The predicted molar refractivity (Wildman–Crippen MR) is 110 cm³/mol. The smallest absolute Gasteiger partial charge is 0.438 e. The molecule has 9 heteroatoms. The topological polar surface area (TPSA) is 107 Å². The summed E-state index contributed by atoms with van der Waals surface area (Å²) < 4.78 is 41.0. The van der Waals surface area contributed by atoms with E-state index >= 15 is 4.39 Å². The van der Waals surface area contributed by atoms with Crippen LogP contribution in [-0.2, 0) is 23.9 Å². The van der Waals surface area contributed by atoms with E-state index in [2.05, 4.69) is 4.74 Å². The molecular weight excluding hydrogens is 438 g/mol. The van der Waals surface area contributed by atoms with Crippen molar-refractivity contribution in [3.05, 3.63) is 23.8 Å². The average Bonchev–Trinajstić information content (AvgIpc) is 2.98. The minimum absolute atomic E-state index is 0.0133. The fraction of sp³-hybridized carbons (Fsp3) is 0.667. The van der Waals surface area contributed by atoms with Gasteiger partial charge in [-0.05, 0) is 37.8 Å². The van der Waals surface area contributed by atoms with Crippen molar-refractivity contribution >= 4 is 23.5 Å². The minimum Gasteiger partial charge on any atom is -0.438 e. The third-order valence-corrected chi connectivity index (χ3v) is 8.97. The molecular formula is C24H28F2O7. The first-order valence-corrected chi connectivity index (χ1v) is 11.0. The monoisotopic (exact) mass is 466 g/mol. The van der Waals surface area contributed by atoms with Gasteiger partial charge >= 0.3 is 6.16 Å². The number of carbonyl (C=O) groups is 4. The van der Waals surface area contributed by atoms with Gasteiger partial charge in [-0.2, -0.15) is 0 Å². The fourth-order valence-electron chi connectivity index (χ4n) is 7.50. The van der Waals surface area contributed by atoms with E-state index in [4.69, 9.17) is 4.74 Å². The molecule has 0 amide bonds. The molecule has 4 rings (SSSR count). The van der Waals surface area contributed by atoms with Gasteiger partial charge < -0.3 is 14.6 Å². The SMILES string of the molecule is COC(=O)O[C@]1(C(=O)CF)[C@H](C)C[C@H]2[C@@H]3CC(=O)C4=CC(=O)C=C[C@]4(C)[C@@]3(F)[C@@H](O)C[C@@]21C. The molecule has 3 fully saturated rings. The number of carbonyl (C=O) groups excluding carboxylic acids is 4. The highest BCUT2D eigenvalue weighted by atomic mass is 19.1. The Bertz CT molecular complexity index is 1000. The third kappa shape index (κ3) is 2.68. The molecule has 1 N–H and O–H groups in total. The van der Waals surface area contributed by atoms with E-state index in [1.165, 1.54) is 19.1 Å². The first kappa shape index (κ1) is 23.7. The van der Waals surface area contributed by atoms with Crippen LogP contribution in [0.1, 0.15) is 40.0 Å². The Morgan fingerprint density at radius 2 is 1.91 bits per heavy atom. The summed E-state index contributed by atoms with van der Waals surface area (Å²) >= 11 is 0. The lowest BCUT2D eigenvalue weighted by Crippen LogP contribution is -2.71. The number of methoxy groups -OCH3 is 1. The van der Waals surface area contributed by atoms with Crippen LogP contribution in [0, 0.1) is 28.6 Å². The number of Topliss-reactive ketones (excluding diaryl/α,β-unsaturated/α-hetero) is 2. The van der Waals surface area contributed by atoms with Crippen molar-refractivity contribution in [2.75, 3.05) is 13.8 Å². The van der Waals surface area contributed by atoms with Crippen molar-refractivity contribution in [1.29, 1.82) is 0 Å². The average molecular weight is 466 g/mol. The van der Waals surface area contributed by atoms with Gasteiger partial charge in [0.1, 0.15) is 0 Å². The number of rotatable bonds is 3. The Hall–Kier alpha value is -2.42. The number of fused-ring (bicyclic) bond motifs is 5. The second kappa shape index (κ2) is 7.29. The molecule has 4 aliphatic rings. The zero-order valence-corrected chi connectivity index (χ0v) is 19.0. The Labute approximate surface area is 190 Å². The summed E-state index contributed by atoms with van der Waals surface area (Å²) in [5.74, 6) is -4.28. The normalized spacial score (nSPS) is 46.1. The molecule has 0 aromatic carbocycles. The highest BCUT2D eigenvalue weighted by Crippen LogP contribution is 2.71. The predicted octanol–water partition coefficient (Wildman–Crippen LogP) is 2.84. The molecule has 0 unspecified atom stereocenters. The van der Waals surface area contributed by atoms with Crippen LogP contribution in [0.25, 0.3) is 0 Å². The van der Waals surface area contributed by atoms with E-state index in [-0.39, 0.29) is 24.8 Å². The van der Waals surface area contributed by atoms with Crippen LogP contribution in [0.4, 0.5) is 13.6 Å². The van der Waals surface area contributed by atoms with Crippen LogP contribution in [0.5, 0.6) is 0 Å². The summed E-state index contributed by atoms with van der Waals surface area (Å²) in [5.41, 5.74) is -7.20. The maximum absolute atomic E-state index is 17.1. The van der Waals surface area contributed by atoms with E-state index in [9.17, 15) is 28.7 Å². The van der Waals surface area contributed by atoms with Crippen molar-refractivity contribution in [3.63, 3.8) is 0 Å². The Morgan fingerprint density at radius 3 is 2.52 bits per heavy atom. The Morgan fingerprint density at radius 1 is 1.24 bits per heavy atom. The molecule has 0 heterocycles. The molecule has 0 aliphatic heterocycles. The maximum atomic E-state index is 17.1. The van der Waals surface area contributed by atoms with E-state index in [1.807, 2.05) is 0 Å². The molecule has 8 atom stereocenters. The molecule has 33 heavy (non-hydrogen) atoms. The first-order valence-electron chi connectivity index (χ1n) is 11.0. The van der Waals surface area contributed by atoms with Gasteiger partial charge in [0.2, 0.25) is 5.78 Å². The zero-order valence-electron chi connectivity index (χ0n) is 19.0. The summed E-state index contributed by atoms with van der Waals surface area (Å²) in [7, 11) is 1.06. The van der Waals surface area contributed by atoms with Gasteiger partial charge in [-0.1, -0.05) is 19.9 Å². The molecule has 7 nitrogen and oxygen atoms in total. The molecule has 180 valence electrons. The summed E-state index contributed by atoms with van der Waals surface area (Å²) in [5, 5.41) is 11.3. The first-order chi connectivity index (χ1) is 15.3. The molecule has 0 radical (unpaired) electrons. The number of ether oxygens (including phenoxy) is 2. The second-order valence-electron chi connectivity index (χ2n) is 10.2. The molecule has 0 bridgehead atoms. The molecule has 0 aromatic heterocycles. The van der Waals surface area contributed by atoms with E-state index in [1.54, 1.807) is 13.8 Å². The number of aliphatic hydroxyl groups is 1. The number of allylic oxidation sites excluding steroid dienone is 4. The second-order valence-corrected chi connectivity index (χ2v) is 10.2. The summed E-state index contributed by atoms with van der Waals surface area (Å²) in [6.45, 7) is 3.27. The molecule has 3 saturated carbocycles. The summed E-state index contributed by atoms with van der Waals surface area (Å²) in [6, 6.07) is 0. The highest BCUT2D eigenvalue weighted by molar-refractivity contribution is 6.10. The largest absolute Gasteiger partial charge is 0.509 e. The van der Waals surface area contributed by atoms with Crippen LogP contribution in [0.15, 0.2) is 23.8 Å². The van der Waals surface area contributed by atoms with Crippen molar-refractivity contribution in [1.82, 2.24) is 0 Å². The van der Waals surface area contributed by atoms with Gasteiger partial charge in [0.25, 0.3) is 0 Å². The quantitative estimate of drug-likeness (QED) is 0.638. The molecule has 0 aromatic rings. The Kier molecular flexibility index (Phi) is 5.24. The van der Waals surface area contributed by atoms with Crippen LogP contribution in [0.3, 0.4) is 0 Å². The van der Waals surface area contributed by atoms with E-state index < -0.39 is 76.1 Å². The molecule has 0 saturated heterocycles. The van der Waals surface area contributed by atoms with Crippen molar-refractivity contribution in [3.8, 4) is 0 Å². The fourth-order valence-corrected chi connectivity index (χ4v) is 7.50. The lowest BCUT2D eigenvalue weighted by atomic mass is 9.44. The molecule has 4 aliphatic carbocycles. The number of hydrogen-bond acceptors (Lipinski definition) is 7. The lowest BCUT2D eigenvalue weighted by molar-refractivity contribution is -0.219. The van der Waals surface area contributed by atoms with Gasteiger partial charge in [0.05, 0.1) is 18.6 Å². The van der Waals surface area contributed by atoms with Gasteiger partial charge in [-0.15, -0.1) is 0 Å². The van der Waals surface area contributed by atoms with Crippen LogP contribution in [0.2, 0.25) is 0 Å². The Balaban J connectivity index is 1.89. The van der Waals surface area contributed by atoms with Crippen LogP contribution in [-0.4, -0.2) is 59.8 Å². The van der Waals surface area contributed by atoms with Crippen LogP contribution >= 0.6 is 0 Å². The minimum atomic E-state index is -2.33. The van der Waals surface area contributed by atoms with E-state index in [0.717, 1.165) is 13.2 Å². The lowest BCUT2D eigenvalue weighted by Gasteiger charge is -2.62. The highest BCUT2D eigenvalue weighted by Gasteiger charge is 2.78. The van der Waals surface area contributed by atoms with Crippen LogP contribution < -0.4 is 0 Å². The van der Waals surface area contributed by atoms with Crippen molar-refractivity contribution in [2.45, 2.75) is 57.4 Å². The number of halogens is 2.